The number of benzene rings is 2. The Morgan fingerprint density at radius 1 is 1.07 bits per heavy atom. The van der Waals surface area contributed by atoms with Gasteiger partial charge < -0.3 is 15.0 Å². The molecular formula is C22H23N3O3. The number of nitrogens with one attached hydrogen (secondary N) is 1. The van der Waals surface area contributed by atoms with Crippen LogP contribution in [0, 0.1) is 0 Å². The van der Waals surface area contributed by atoms with Gasteiger partial charge in [0.25, 0.3) is 5.91 Å². The van der Waals surface area contributed by atoms with Gasteiger partial charge in [-0.05, 0) is 29.7 Å². The Morgan fingerprint density at radius 3 is 2.46 bits per heavy atom. The normalized spacial score (nSPS) is 19.0. The molecule has 2 aliphatic heterocycles. The fourth-order valence-electron chi connectivity index (χ4n) is 3.76. The van der Waals surface area contributed by atoms with Crippen molar-refractivity contribution in [3.8, 4) is 5.75 Å². The average molecular weight is 377 g/mol. The fourth-order valence-corrected chi connectivity index (χ4v) is 3.76. The maximum atomic E-state index is 13.2. The minimum Gasteiger partial charge on any atom is -0.497 e. The minimum atomic E-state index is -0.404. The van der Waals surface area contributed by atoms with Crippen LogP contribution in [-0.4, -0.2) is 49.0 Å². The summed E-state index contributed by atoms with van der Waals surface area (Å²) >= 11 is 0. The van der Waals surface area contributed by atoms with Crippen LogP contribution >= 0.6 is 0 Å². The van der Waals surface area contributed by atoms with Crippen molar-refractivity contribution in [2.75, 3.05) is 27.2 Å². The third kappa shape index (κ3) is 3.22. The molecule has 4 rings (SSSR count). The Hall–Kier alpha value is -3.28. The summed E-state index contributed by atoms with van der Waals surface area (Å²) in [5, 5.41) is 2.96. The van der Waals surface area contributed by atoms with Gasteiger partial charge >= 0.3 is 6.03 Å². The van der Waals surface area contributed by atoms with E-state index in [0.717, 1.165) is 29.0 Å². The number of rotatable bonds is 5. The lowest BCUT2D eigenvalue weighted by Gasteiger charge is -2.31. The van der Waals surface area contributed by atoms with Gasteiger partial charge in [0.15, 0.2) is 0 Å². The van der Waals surface area contributed by atoms with Crippen molar-refractivity contribution in [1.29, 1.82) is 0 Å². The van der Waals surface area contributed by atoms with E-state index in [2.05, 4.69) is 5.32 Å². The second kappa shape index (κ2) is 7.38. The summed E-state index contributed by atoms with van der Waals surface area (Å²) in [7, 11) is 3.36. The maximum Gasteiger partial charge on any atom is 0.322 e. The summed E-state index contributed by atoms with van der Waals surface area (Å²) < 4.78 is 5.19. The molecule has 0 fully saturated rings. The van der Waals surface area contributed by atoms with Gasteiger partial charge in [-0.1, -0.05) is 42.5 Å². The molecule has 2 heterocycles. The first-order valence-electron chi connectivity index (χ1n) is 9.33. The lowest BCUT2D eigenvalue weighted by Crippen LogP contribution is -2.45. The van der Waals surface area contributed by atoms with Gasteiger partial charge in [-0.15, -0.1) is 0 Å². The zero-order chi connectivity index (χ0) is 19.7. The van der Waals surface area contributed by atoms with Crippen LogP contribution in [-0.2, 0) is 11.2 Å². The van der Waals surface area contributed by atoms with E-state index in [1.165, 1.54) is 0 Å². The molecule has 2 aliphatic rings. The van der Waals surface area contributed by atoms with Gasteiger partial charge in [-0.3, -0.25) is 9.69 Å². The van der Waals surface area contributed by atoms with Crippen LogP contribution in [0.25, 0.3) is 0 Å². The molecule has 6 heteroatoms. The summed E-state index contributed by atoms with van der Waals surface area (Å²) in [6.45, 7) is 1.05. The molecule has 2 aromatic carbocycles. The Morgan fingerprint density at radius 2 is 1.79 bits per heavy atom. The molecule has 6 nitrogen and oxygen atoms in total. The second-order valence-electron chi connectivity index (χ2n) is 7.04. The van der Waals surface area contributed by atoms with Crippen molar-refractivity contribution in [2.45, 2.75) is 12.5 Å². The first-order chi connectivity index (χ1) is 13.6. The van der Waals surface area contributed by atoms with Crippen molar-refractivity contribution < 1.29 is 14.3 Å². The molecule has 1 unspecified atom stereocenters. The molecule has 144 valence electrons. The Balaban J connectivity index is 1.53. The number of nitrogens with zero attached hydrogens (tertiary/aromatic N) is 2. The number of carbonyl (C=O) groups excluding carboxylic acids is 2. The van der Waals surface area contributed by atoms with Crippen molar-refractivity contribution in [3.63, 3.8) is 0 Å². The highest BCUT2D eigenvalue weighted by Crippen LogP contribution is 2.35. The summed E-state index contributed by atoms with van der Waals surface area (Å²) in [6.07, 6.45) is 0.747. The fraction of sp³-hybridized carbons (Fsp3) is 0.273. The zero-order valence-electron chi connectivity index (χ0n) is 16.0. The topological polar surface area (TPSA) is 61.9 Å². The third-order valence-electron chi connectivity index (χ3n) is 5.40. The van der Waals surface area contributed by atoms with Gasteiger partial charge in [0.1, 0.15) is 5.75 Å². The maximum absolute atomic E-state index is 13.2. The second-order valence-corrected chi connectivity index (χ2v) is 7.04. The van der Waals surface area contributed by atoms with E-state index in [-0.39, 0.29) is 11.9 Å². The molecule has 0 bridgehead atoms. The highest BCUT2D eigenvalue weighted by molar-refractivity contribution is 6.01. The van der Waals surface area contributed by atoms with Crippen LogP contribution in [0.1, 0.15) is 17.2 Å². The third-order valence-corrected chi connectivity index (χ3v) is 5.40. The van der Waals surface area contributed by atoms with Gasteiger partial charge in [0.05, 0.1) is 31.0 Å². The monoisotopic (exact) mass is 377 g/mol. The molecule has 0 saturated carbocycles. The number of hydrogen-bond donors (Lipinski definition) is 1. The average Bonchev–Trinajstić information content (AvgIpc) is 3.07. The lowest BCUT2D eigenvalue weighted by atomic mass is 9.96. The molecule has 1 N–H and O–H groups in total. The van der Waals surface area contributed by atoms with E-state index in [4.69, 9.17) is 4.74 Å². The molecule has 1 atom stereocenters. The number of methoxy groups -OCH3 is 1. The van der Waals surface area contributed by atoms with E-state index in [0.29, 0.717) is 18.7 Å². The van der Waals surface area contributed by atoms with Crippen LogP contribution in [0.5, 0.6) is 5.75 Å². The largest absolute Gasteiger partial charge is 0.497 e. The quantitative estimate of drug-likeness (QED) is 0.872. The molecule has 0 aliphatic carbocycles. The molecule has 0 saturated heterocycles. The number of amides is 3. The smallest absolute Gasteiger partial charge is 0.322 e. The molecule has 3 amide bonds. The van der Waals surface area contributed by atoms with Gasteiger partial charge in [-0.25, -0.2) is 4.79 Å². The van der Waals surface area contributed by atoms with Crippen LogP contribution in [0.2, 0.25) is 0 Å². The standard InChI is InChI=1S/C22H23N3O3/c1-24-18-14-25(13-12-15-8-10-17(28-2)11-9-15)21(26)19(18)20(23-22(24)27)16-6-4-3-5-7-16/h3-11,20H,12-14H2,1-2H3,(H,23,27). The summed E-state index contributed by atoms with van der Waals surface area (Å²) in [4.78, 5) is 29.0. The van der Waals surface area contributed by atoms with Gasteiger partial charge in [-0.2, -0.15) is 0 Å². The van der Waals surface area contributed by atoms with Crippen LogP contribution in [0.3, 0.4) is 0 Å². The first-order valence-corrected chi connectivity index (χ1v) is 9.33. The summed E-state index contributed by atoms with van der Waals surface area (Å²) in [5.74, 6) is 0.805. The number of hydrogen-bond acceptors (Lipinski definition) is 3. The number of carbonyl (C=O) groups is 2. The number of ether oxygens (including phenoxy) is 1. The Labute approximate surface area is 164 Å². The van der Waals surface area contributed by atoms with Crippen molar-refractivity contribution >= 4 is 11.9 Å². The Bertz CT molecular complexity index is 922. The van der Waals surface area contributed by atoms with Crippen molar-refractivity contribution in [3.05, 3.63) is 77.0 Å². The highest BCUT2D eigenvalue weighted by atomic mass is 16.5. The molecular weight excluding hydrogens is 354 g/mol. The summed E-state index contributed by atoms with van der Waals surface area (Å²) in [5.41, 5.74) is 3.52. The van der Waals surface area contributed by atoms with E-state index < -0.39 is 6.04 Å². The predicted octanol–water partition coefficient (Wildman–Crippen LogP) is 2.73. The van der Waals surface area contributed by atoms with Crippen molar-refractivity contribution in [2.24, 2.45) is 0 Å². The predicted molar refractivity (Wildman–Crippen MR) is 106 cm³/mol. The van der Waals surface area contributed by atoms with E-state index in [1.807, 2.05) is 59.5 Å². The van der Waals surface area contributed by atoms with Gasteiger partial charge in [0, 0.05) is 13.6 Å². The van der Waals surface area contributed by atoms with Crippen LogP contribution in [0.4, 0.5) is 4.79 Å². The molecule has 2 aromatic rings. The first kappa shape index (κ1) is 18.1. The molecule has 0 aromatic heterocycles. The van der Waals surface area contributed by atoms with E-state index in [9.17, 15) is 9.59 Å². The molecule has 28 heavy (non-hydrogen) atoms. The van der Waals surface area contributed by atoms with E-state index in [1.54, 1.807) is 19.1 Å². The van der Waals surface area contributed by atoms with Crippen LogP contribution in [0.15, 0.2) is 65.9 Å². The van der Waals surface area contributed by atoms with Crippen molar-refractivity contribution in [1.82, 2.24) is 15.1 Å². The molecule has 0 radical (unpaired) electrons. The number of urea groups is 1. The zero-order valence-corrected chi connectivity index (χ0v) is 16.0. The molecule has 0 spiro atoms. The minimum absolute atomic E-state index is 0.00999. The SMILES string of the molecule is COc1ccc(CCN2CC3=C(C2=O)C(c2ccccc2)NC(=O)N3C)cc1. The van der Waals surface area contributed by atoms with E-state index >= 15 is 0 Å². The lowest BCUT2D eigenvalue weighted by molar-refractivity contribution is -0.125. The Kier molecular flexibility index (Phi) is 4.77. The summed E-state index contributed by atoms with van der Waals surface area (Å²) in [6, 6.07) is 16.9. The van der Waals surface area contributed by atoms with Crippen LogP contribution < -0.4 is 10.1 Å². The van der Waals surface area contributed by atoms with Gasteiger partial charge in [0.2, 0.25) is 0 Å². The highest BCUT2D eigenvalue weighted by Gasteiger charge is 2.42. The number of likely N-dealkylation sites (N-methyl/N-ethyl adjacent to an activating group) is 1.